The van der Waals surface area contributed by atoms with Crippen molar-refractivity contribution in [1.82, 2.24) is 0 Å². The number of rotatable bonds is 4. The second-order valence-corrected chi connectivity index (χ2v) is 4.44. The molecule has 1 atom stereocenters. The largest absolute Gasteiger partial charge is 0.483 e. The molecule has 0 aromatic heterocycles. The fraction of sp³-hybridized carbons (Fsp3) is 0.133. The lowest BCUT2D eigenvalue weighted by atomic mass is 10.1. The Hall–Kier alpha value is -2.02. The first-order chi connectivity index (χ1) is 9.24. The summed E-state index contributed by atoms with van der Waals surface area (Å²) in [5, 5.41) is 9.67. The van der Waals surface area contributed by atoms with Gasteiger partial charge in [0.2, 0.25) is 0 Å². The summed E-state index contributed by atoms with van der Waals surface area (Å²) >= 11 is 5.96. The van der Waals surface area contributed by atoms with Gasteiger partial charge in [0.15, 0.2) is 0 Å². The van der Waals surface area contributed by atoms with Crippen LogP contribution < -0.4 is 10.5 Å². The van der Waals surface area contributed by atoms with E-state index in [1.54, 1.807) is 24.3 Å². The summed E-state index contributed by atoms with van der Waals surface area (Å²) in [7, 11) is 0. The van der Waals surface area contributed by atoms with Gasteiger partial charge in [0.25, 0.3) is 0 Å². The van der Waals surface area contributed by atoms with Crippen molar-refractivity contribution in [2.75, 3.05) is 6.54 Å². The van der Waals surface area contributed by atoms with Crippen molar-refractivity contribution in [3.05, 3.63) is 64.7 Å². The first-order valence-electron chi connectivity index (χ1n) is 5.86. The predicted molar refractivity (Wildman–Crippen MR) is 75.0 cm³/mol. The normalized spacial score (nSPS) is 11.6. The number of hydrogen-bond acceptors (Lipinski definition) is 3. The molecule has 0 bridgehead atoms. The first kappa shape index (κ1) is 13.4. The van der Waals surface area contributed by atoms with Gasteiger partial charge < -0.3 is 10.5 Å². The van der Waals surface area contributed by atoms with Crippen LogP contribution in [-0.4, -0.2) is 6.54 Å². The molecule has 3 nitrogen and oxygen atoms in total. The van der Waals surface area contributed by atoms with Crippen molar-refractivity contribution < 1.29 is 4.74 Å². The molecule has 0 saturated heterocycles. The third-order valence-corrected chi connectivity index (χ3v) is 2.95. The van der Waals surface area contributed by atoms with Crippen molar-refractivity contribution in [3.8, 4) is 11.8 Å². The summed E-state index contributed by atoms with van der Waals surface area (Å²) in [4.78, 5) is 0. The van der Waals surface area contributed by atoms with E-state index in [0.29, 0.717) is 22.9 Å². The highest BCUT2D eigenvalue weighted by molar-refractivity contribution is 6.30. The molecule has 0 saturated carbocycles. The number of nitrogens with zero attached hydrogens (tertiary/aromatic N) is 1. The monoisotopic (exact) mass is 272 g/mol. The summed E-state index contributed by atoms with van der Waals surface area (Å²) in [5.74, 6) is 0.528. The second kappa shape index (κ2) is 6.24. The zero-order valence-corrected chi connectivity index (χ0v) is 11.0. The Morgan fingerprint density at radius 1 is 1.21 bits per heavy atom. The number of nitriles is 1. The van der Waals surface area contributed by atoms with Crippen LogP contribution in [0.2, 0.25) is 5.02 Å². The minimum absolute atomic E-state index is 0.306. The number of para-hydroxylation sites is 1. The zero-order chi connectivity index (χ0) is 13.7. The quantitative estimate of drug-likeness (QED) is 0.929. The van der Waals surface area contributed by atoms with Gasteiger partial charge in [-0.25, -0.2) is 0 Å². The Morgan fingerprint density at radius 2 is 2.00 bits per heavy atom. The van der Waals surface area contributed by atoms with Gasteiger partial charge in [-0.3, -0.25) is 0 Å². The van der Waals surface area contributed by atoms with Crippen molar-refractivity contribution in [2.45, 2.75) is 6.10 Å². The summed E-state index contributed by atoms with van der Waals surface area (Å²) in [6.07, 6.45) is -0.326. The molecule has 0 aliphatic rings. The molecule has 2 aromatic rings. The van der Waals surface area contributed by atoms with E-state index in [1.807, 2.05) is 24.3 Å². The third-order valence-electron chi connectivity index (χ3n) is 2.71. The van der Waals surface area contributed by atoms with Crippen molar-refractivity contribution >= 4 is 11.6 Å². The molecule has 2 N–H and O–H groups in total. The molecular formula is C15H13ClN2O. The van der Waals surface area contributed by atoms with Crippen LogP contribution in [-0.2, 0) is 0 Å². The van der Waals surface area contributed by atoms with E-state index in [-0.39, 0.29) is 6.10 Å². The molecule has 0 fully saturated rings. The topological polar surface area (TPSA) is 59.0 Å². The summed E-state index contributed by atoms with van der Waals surface area (Å²) < 4.78 is 5.82. The SMILES string of the molecule is N#Cc1ccccc1OC(CN)c1cccc(Cl)c1. The molecule has 2 rings (SSSR count). The maximum atomic E-state index is 9.04. The lowest BCUT2D eigenvalue weighted by Gasteiger charge is -2.18. The number of benzene rings is 2. The molecule has 2 aromatic carbocycles. The molecule has 0 aliphatic carbocycles. The number of nitrogens with two attached hydrogens (primary N) is 1. The number of halogens is 1. The Kier molecular flexibility index (Phi) is 4.40. The Labute approximate surface area is 117 Å². The number of hydrogen-bond donors (Lipinski definition) is 1. The average molecular weight is 273 g/mol. The van der Waals surface area contributed by atoms with Crippen LogP contribution in [0.1, 0.15) is 17.2 Å². The highest BCUT2D eigenvalue weighted by Crippen LogP contribution is 2.25. The molecule has 0 aliphatic heterocycles. The van der Waals surface area contributed by atoms with E-state index >= 15 is 0 Å². The minimum Gasteiger partial charge on any atom is -0.483 e. The fourth-order valence-corrected chi connectivity index (χ4v) is 1.97. The van der Waals surface area contributed by atoms with Crippen molar-refractivity contribution in [2.24, 2.45) is 5.73 Å². The average Bonchev–Trinajstić information content (AvgIpc) is 2.45. The van der Waals surface area contributed by atoms with E-state index in [9.17, 15) is 0 Å². The van der Waals surface area contributed by atoms with Gasteiger partial charge in [-0.2, -0.15) is 5.26 Å². The molecular weight excluding hydrogens is 260 g/mol. The van der Waals surface area contributed by atoms with Crippen LogP contribution in [0.3, 0.4) is 0 Å². The standard InChI is InChI=1S/C15H13ClN2O/c16-13-6-3-5-11(8-13)15(10-18)19-14-7-2-1-4-12(14)9-17/h1-8,15H,10,18H2. The maximum Gasteiger partial charge on any atom is 0.138 e. The van der Waals surface area contributed by atoms with Crippen molar-refractivity contribution in [3.63, 3.8) is 0 Å². The Bertz CT molecular complexity index is 607. The van der Waals surface area contributed by atoms with Gasteiger partial charge in [0, 0.05) is 11.6 Å². The zero-order valence-electron chi connectivity index (χ0n) is 10.2. The maximum absolute atomic E-state index is 9.04. The van der Waals surface area contributed by atoms with E-state index in [2.05, 4.69) is 6.07 Å². The molecule has 0 spiro atoms. The lowest BCUT2D eigenvalue weighted by molar-refractivity contribution is 0.213. The van der Waals surface area contributed by atoms with Gasteiger partial charge in [-0.05, 0) is 29.8 Å². The van der Waals surface area contributed by atoms with Gasteiger partial charge in [-0.15, -0.1) is 0 Å². The smallest absolute Gasteiger partial charge is 0.138 e. The minimum atomic E-state index is -0.326. The van der Waals surface area contributed by atoms with Crippen LogP contribution in [0, 0.1) is 11.3 Å². The summed E-state index contributed by atoms with van der Waals surface area (Å²) in [5.41, 5.74) is 7.12. The lowest BCUT2D eigenvalue weighted by Crippen LogP contribution is -2.18. The molecule has 96 valence electrons. The van der Waals surface area contributed by atoms with E-state index in [4.69, 9.17) is 27.3 Å². The van der Waals surface area contributed by atoms with Crippen LogP contribution >= 0.6 is 11.6 Å². The predicted octanol–water partition coefficient (Wildman–Crippen LogP) is 3.29. The highest BCUT2D eigenvalue weighted by Gasteiger charge is 2.13. The third kappa shape index (κ3) is 3.25. The van der Waals surface area contributed by atoms with E-state index < -0.39 is 0 Å². The highest BCUT2D eigenvalue weighted by atomic mass is 35.5. The Balaban J connectivity index is 2.27. The van der Waals surface area contributed by atoms with Crippen molar-refractivity contribution in [1.29, 1.82) is 5.26 Å². The molecule has 0 radical (unpaired) electrons. The Morgan fingerprint density at radius 3 is 2.68 bits per heavy atom. The van der Waals surface area contributed by atoms with Gasteiger partial charge in [0.05, 0.1) is 5.56 Å². The van der Waals surface area contributed by atoms with Gasteiger partial charge in [-0.1, -0.05) is 35.9 Å². The van der Waals surface area contributed by atoms with E-state index in [0.717, 1.165) is 5.56 Å². The van der Waals surface area contributed by atoms with Gasteiger partial charge >= 0.3 is 0 Å². The summed E-state index contributed by atoms with van der Waals surface area (Å²) in [6.45, 7) is 0.306. The molecule has 0 heterocycles. The fourth-order valence-electron chi connectivity index (χ4n) is 1.77. The van der Waals surface area contributed by atoms with Crippen LogP contribution in [0.15, 0.2) is 48.5 Å². The van der Waals surface area contributed by atoms with Crippen LogP contribution in [0.5, 0.6) is 5.75 Å². The molecule has 0 amide bonds. The molecule has 1 unspecified atom stereocenters. The van der Waals surface area contributed by atoms with E-state index in [1.165, 1.54) is 0 Å². The molecule has 4 heteroatoms. The van der Waals surface area contributed by atoms with Gasteiger partial charge in [0.1, 0.15) is 17.9 Å². The first-order valence-corrected chi connectivity index (χ1v) is 6.23. The van der Waals surface area contributed by atoms with Crippen LogP contribution in [0.25, 0.3) is 0 Å². The number of ether oxygens (including phenoxy) is 1. The summed E-state index contributed by atoms with van der Waals surface area (Å²) in [6, 6.07) is 16.5. The van der Waals surface area contributed by atoms with Crippen LogP contribution in [0.4, 0.5) is 0 Å². The molecule has 19 heavy (non-hydrogen) atoms. The second-order valence-electron chi connectivity index (χ2n) is 4.01.